The predicted molar refractivity (Wildman–Crippen MR) is 362 cm³/mol. The Bertz CT molecular complexity index is 4070. The van der Waals surface area contributed by atoms with Crippen LogP contribution in [0.15, 0.2) is 150 Å². The summed E-state index contributed by atoms with van der Waals surface area (Å²) in [5.74, 6) is -13.7. The van der Waals surface area contributed by atoms with Gasteiger partial charge in [0.2, 0.25) is 5.67 Å². The average Bonchev–Trinajstić information content (AvgIpc) is 1.60. The van der Waals surface area contributed by atoms with Crippen molar-refractivity contribution < 1.29 is 137 Å². The molecule has 2 aromatic carbocycles. The molecule has 6 heterocycles. The number of halogens is 4. The van der Waals surface area contributed by atoms with Gasteiger partial charge < -0.3 is 88.7 Å². The number of H-pyrrole nitrogens is 1. The van der Waals surface area contributed by atoms with Gasteiger partial charge in [-0.25, -0.2) is 41.1 Å². The molecule has 588 valence electrons. The summed E-state index contributed by atoms with van der Waals surface area (Å²) in [7, 11) is -13.9. The number of para-hydroxylation sites is 2. The second-order valence-corrected chi connectivity index (χ2v) is 29.5. The van der Waals surface area contributed by atoms with Crippen molar-refractivity contribution in [3.05, 3.63) is 162 Å². The molecular formula is C63H86F4N9O27P3. The molecule has 3 saturated heterocycles. The summed E-state index contributed by atoms with van der Waals surface area (Å²) in [4.78, 5) is 95.6. The van der Waals surface area contributed by atoms with Crippen molar-refractivity contribution in [2.24, 2.45) is 0 Å². The molecule has 2 amide bonds. The van der Waals surface area contributed by atoms with Crippen molar-refractivity contribution in [1.29, 1.82) is 0 Å². The Morgan fingerprint density at radius 3 is 1.48 bits per heavy atom. The van der Waals surface area contributed by atoms with Gasteiger partial charge in [-0.3, -0.25) is 51.9 Å². The quantitative estimate of drug-likeness (QED) is 0.0204. The average molecular weight is 1570 g/mol. The maximum absolute atomic E-state index is 16.1. The first-order chi connectivity index (χ1) is 48.6. The van der Waals surface area contributed by atoms with Gasteiger partial charge in [0.25, 0.3) is 34.9 Å². The maximum atomic E-state index is 16.1. The van der Waals surface area contributed by atoms with E-state index in [1.54, 1.807) is 69.2 Å². The SMILES string of the molecule is C.C=C1NC(=O)C=CN1[C@@H]1O[C@](F)(COP(=O)(NC(C)C(=O)OC(C)C)Oc2ccccc2)[C@@H](O)[C@]1(O)CC.C=C1NC(=O)C=CN1[C@@H]1O[C@](F)(COP(=O)(O)NC(C)C(=O)O)[C@@H](O)[C@@]1(C)O.C=C=C[C@]1(F)[C@H](n2ccc(=O)[nH]c2=O)O[C@](F)(COP(=O)(NC(C)C(=O)OC(C)C)Oc2ccccc2)[C@H]1O. The van der Waals surface area contributed by atoms with E-state index in [-0.39, 0.29) is 37.0 Å². The minimum atomic E-state index is -4.78. The zero-order valence-corrected chi connectivity index (χ0v) is 60.3. The number of alkyl halides is 4. The number of nitrogens with zero attached hydrogens (tertiary/aromatic N) is 3. The van der Waals surface area contributed by atoms with Crippen molar-refractivity contribution in [3.63, 3.8) is 0 Å². The third-order valence-electron chi connectivity index (χ3n) is 15.4. The van der Waals surface area contributed by atoms with Gasteiger partial charge in [-0.05, 0) is 86.1 Å². The highest BCUT2D eigenvalue weighted by Crippen LogP contribution is 2.54. The molecule has 6 unspecified atom stereocenters. The molecule has 0 aliphatic carbocycles. The minimum absolute atomic E-state index is 0. The lowest BCUT2D eigenvalue weighted by Crippen LogP contribution is -2.56. The van der Waals surface area contributed by atoms with E-state index in [1.165, 1.54) is 51.2 Å². The number of ether oxygens (including phenoxy) is 5. The number of hydrogen-bond donors (Lipinski definition) is 13. The standard InChI is InChI=1S/C24H28F2N3O9P.C24H33FN3O9P.C14H21FN3O9P.CH4/c1-5-12-23(25)20(32)24(26,37-21(23)29-13-11-18(30)27-22(29)33)14-35-39(34,38-17-9-7-6-8-10-17)28-16(4)19(31)36-15(2)3;1-6-23(32)21(31)24(25,36-22(23)28-13-12-19(29)26-17(28)5)14-34-38(33,37-18-10-8-7-9-11-18)27-16(4)20(30)35-15(2)3;1-7(10(20)21)17-28(24,25)26-6-14(15)11(22)13(3,23)12(27-14)18-5-4-9(19)16-8(18)2;/h6-13,15-16,20-21,32H,1,14H2,2-4H3,(H,28,34)(H,27,30,33);7-13,15-16,21-22,31-32H,5-6,14H2,1-4H3,(H,26,29)(H,27,33);4-5,7,11-12,22-23H,2,6H2,1,3H3,(H,16,19)(H,20,21)(H2,17,24,25);1H4/t16?,20-,21+,23+,24+,39?;16?,21-,22+,23+,24+,38?;7?,11-,12+,13+,14+;/m000./s1. The molecule has 13 N–H and O–H groups in total. The highest BCUT2D eigenvalue weighted by molar-refractivity contribution is 7.52. The maximum Gasteiger partial charge on any atom is 0.459 e. The number of hydrogen-bond acceptors (Lipinski definition) is 27. The summed E-state index contributed by atoms with van der Waals surface area (Å²) in [6.45, 7) is 19.2. The summed E-state index contributed by atoms with van der Waals surface area (Å²) in [6, 6.07) is 12.3. The first kappa shape index (κ1) is 88.6. The second kappa shape index (κ2) is 35.3. The number of carboxylic acid groups (broad SMARTS) is 1. The van der Waals surface area contributed by atoms with E-state index in [0.717, 1.165) is 54.3 Å². The second-order valence-electron chi connectivity index (χ2n) is 24.6. The Morgan fingerprint density at radius 2 is 1.07 bits per heavy atom. The largest absolute Gasteiger partial charge is 0.480 e. The number of carbonyl (C=O) groups excluding carboxylic acids is 4. The predicted octanol–water partition coefficient (Wildman–Crippen LogP) is 3.69. The number of carboxylic acids is 1. The first-order valence-electron chi connectivity index (χ1n) is 31.5. The molecule has 106 heavy (non-hydrogen) atoms. The zero-order valence-electron chi connectivity index (χ0n) is 57.6. The van der Waals surface area contributed by atoms with Crippen LogP contribution in [0.2, 0.25) is 0 Å². The van der Waals surface area contributed by atoms with E-state index in [4.69, 9.17) is 46.9 Å². The van der Waals surface area contributed by atoms with Gasteiger partial charge in [0.1, 0.15) is 84.5 Å². The van der Waals surface area contributed by atoms with Crippen LogP contribution in [-0.4, -0.2) is 200 Å². The van der Waals surface area contributed by atoms with Crippen molar-refractivity contribution in [3.8, 4) is 11.5 Å². The number of esters is 2. The minimum Gasteiger partial charge on any atom is -0.480 e. The molecule has 5 aliphatic heterocycles. The van der Waals surface area contributed by atoms with E-state index in [0.29, 0.717) is 10.6 Å². The Morgan fingerprint density at radius 1 is 0.651 bits per heavy atom. The van der Waals surface area contributed by atoms with Crippen molar-refractivity contribution in [2.45, 2.75) is 178 Å². The normalized spacial score (nSPS) is 30.0. The van der Waals surface area contributed by atoms with Crippen LogP contribution in [0.3, 0.4) is 0 Å². The number of nitrogens with one attached hydrogen (secondary N) is 6. The van der Waals surface area contributed by atoms with Crippen LogP contribution in [0, 0.1) is 0 Å². The summed E-state index contributed by atoms with van der Waals surface area (Å²) in [5.41, 5.74) is -7.50. The lowest BCUT2D eigenvalue weighted by atomic mass is 9.90. The molecule has 0 spiro atoms. The number of aliphatic carboxylic acids is 1. The Hall–Kier alpha value is -8.04. The lowest BCUT2D eigenvalue weighted by molar-refractivity contribution is -0.207. The number of amides is 2. The fourth-order valence-corrected chi connectivity index (χ4v) is 14.1. The molecule has 0 radical (unpaired) electrons. The van der Waals surface area contributed by atoms with E-state index < -0.39 is 186 Å². The van der Waals surface area contributed by atoms with Crippen molar-refractivity contribution >= 4 is 53.0 Å². The molecular weight excluding hydrogens is 1480 g/mol. The molecule has 0 saturated carbocycles. The molecule has 0 bridgehead atoms. The third-order valence-corrected chi connectivity index (χ3v) is 19.8. The molecule has 43 heteroatoms. The highest BCUT2D eigenvalue weighted by atomic mass is 31.2. The number of carbonyl (C=O) groups is 5. The Labute approximate surface area is 604 Å². The van der Waals surface area contributed by atoms with Gasteiger partial charge in [0.15, 0.2) is 24.8 Å². The molecule has 3 fully saturated rings. The fraction of sp³-hybridized carbons (Fsp3) is 0.492. The monoisotopic (exact) mass is 1570 g/mol. The summed E-state index contributed by atoms with van der Waals surface area (Å²) >= 11 is 0. The van der Waals surface area contributed by atoms with Crippen LogP contribution < -0.4 is 46.2 Å². The van der Waals surface area contributed by atoms with Gasteiger partial charge >= 0.3 is 46.8 Å². The van der Waals surface area contributed by atoms with Gasteiger partial charge in [-0.15, -0.1) is 5.73 Å². The van der Waals surface area contributed by atoms with Crippen LogP contribution in [0.25, 0.3) is 0 Å². The summed E-state index contributed by atoms with van der Waals surface area (Å²) < 4.78 is 155. The van der Waals surface area contributed by atoms with E-state index in [9.17, 15) is 77.7 Å². The molecule has 8 rings (SSSR count). The topological polar surface area (TPSA) is 492 Å². The number of aromatic nitrogens is 2. The zero-order chi connectivity index (χ0) is 78.8. The van der Waals surface area contributed by atoms with E-state index >= 15 is 17.6 Å². The number of benzene rings is 2. The molecule has 1 aromatic heterocycles. The Kier molecular flexibility index (Phi) is 29.5. The molecule has 36 nitrogen and oxygen atoms in total. The Balaban J connectivity index is 0.000000288. The van der Waals surface area contributed by atoms with Crippen molar-refractivity contribution in [1.82, 2.24) is 45.2 Å². The van der Waals surface area contributed by atoms with E-state index in [2.05, 4.69) is 50.8 Å². The van der Waals surface area contributed by atoms with Gasteiger partial charge in [-0.2, -0.15) is 10.2 Å². The smallest absolute Gasteiger partial charge is 0.459 e. The number of aromatic amines is 1. The van der Waals surface area contributed by atoms with Gasteiger partial charge in [0.05, 0.1) is 12.2 Å². The molecule has 3 aromatic rings. The fourth-order valence-electron chi connectivity index (χ4n) is 10.1. The van der Waals surface area contributed by atoms with Crippen LogP contribution >= 0.6 is 23.2 Å². The molecule has 5 aliphatic rings. The lowest BCUT2D eigenvalue weighted by Gasteiger charge is -2.38. The van der Waals surface area contributed by atoms with Crippen molar-refractivity contribution in [2.75, 3.05) is 19.8 Å². The number of rotatable bonds is 29. The molecule has 18 atom stereocenters. The number of aliphatic hydroxyl groups excluding tert-OH is 3. The van der Waals surface area contributed by atoms with E-state index in [1.807, 2.05) is 4.98 Å². The van der Waals surface area contributed by atoms with Gasteiger partial charge in [0, 0.05) is 42.9 Å². The highest BCUT2D eigenvalue weighted by Gasteiger charge is 2.69. The van der Waals surface area contributed by atoms with Gasteiger partial charge in [-0.1, -0.05) is 70.5 Å². The van der Waals surface area contributed by atoms with Crippen LogP contribution in [0.1, 0.15) is 82.4 Å². The number of aliphatic hydroxyl groups is 5. The van der Waals surface area contributed by atoms with Crippen LogP contribution in [-0.2, 0) is 74.9 Å². The van der Waals surface area contributed by atoms with Crippen LogP contribution in [0.4, 0.5) is 17.6 Å². The first-order valence-corrected chi connectivity index (χ1v) is 36.1. The third kappa shape index (κ3) is 21.4. The summed E-state index contributed by atoms with van der Waals surface area (Å²) in [6.07, 6.45) is -7.60. The van der Waals surface area contributed by atoms with Crippen LogP contribution in [0.5, 0.6) is 11.5 Å². The summed E-state index contributed by atoms with van der Waals surface area (Å²) in [5, 5.41) is 73.3.